The lowest BCUT2D eigenvalue weighted by molar-refractivity contribution is 0.333. The summed E-state index contributed by atoms with van der Waals surface area (Å²) in [5.41, 5.74) is 5.39. The molecular weight excluding hydrogens is 406 g/mol. The Bertz CT molecular complexity index is 1150. The van der Waals surface area contributed by atoms with Crippen molar-refractivity contribution >= 4 is 23.1 Å². The number of aromatic nitrogens is 1. The zero-order valence-electron chi connectivity index (χ0n) is 18.8. The number of nitrogens with zero attached hydrogens (tertiary/aromatic N) is 3. The first-order valence-electron chi connectivity index (χ1n) is 10.8. The number of thiazole rings is 1. The first-order chi connectivity index (χ1) is 14.9. The van der Waals surface area contributed by atoms with Crippen molar-refractivity contribution in [2.24, 2.45) is 5.92 Å². The van der Waals surface area contributed by atoms with Gasteiger partial charge in [0, 0.05) is 61.5 Å². The summed E-state index contributed by atoms with van der Waals surface area (Å²) in [4.78, 5) is 21.9. The molecule has 31 heavy (non-hydrogen) atoms. The Balaban J connectivity index is 1.67. The summed E-state index contributed by atoms with van der Waals surface area (Å²) in [6, 6.07) is 10.2. The van der Waals surface area contributed by atoms with Crippen LogP contribution in [-0.2, 0) is 6.42 Å². The molecule has 0 N–H and O–H groups in total. The number of fused-ring (bicyclic) bond motifs is 1. The van der Waals surface area contributed by atoms with Gasteiger partial charge in [-0.15, -0.1) is 11.3 Å². The van der Waals surface area contributed by atoms with E-state index in [1.165, 1.54) is 5.70 Å². The average Bonchev–Trinajstić information content (AvgIpc) is 3.25. The zero-order chi connectivity index (χ0) is 22.1. The van der Waals surface area contributed by atoms with Crippen LogP contribution in [0.1, 0.15) is 32.1 Å². The van der Waals surface area contributed by atoms with Gasteiger partial charge in [0.25, 0.3) is 0 Å². The van der Waals surface area contributed by atoms with Crippen LogP contribution in [0, 0.1) is 5.92 Å². The van der Waals surface area contributed by atoms with E-state index in [1.54, 1.807) is 11.3 Å². The third-order valence-corrected chi connectivity index (χ3v) is 6.80. The SMILES string of the molecule is CCN(CC)C1=Cc2oc(=O)c(-c3csc(-c4ccc(N(C)C)cc4)n3)cc2CC1C. The van der Waals surface area contributed by atoms with Crippen LogP contribution in [0.25, 0.3) is 27.9 Å². The second-order valence-corrected chi connectivity index (χ2v) is 9.02. The normalized spacial score (nSPS) is 15.4. The highest BCUT2D eigenvalue weighted by Gasteiger charge is 2.24. The second-order valence-electron chi connectivity index (χ2n) is 8.16. The molecule has 0 saturated heterocycles. The van der Waals surface area contributed by atoms with E-state index in [1.807, 2.05) is 31.6 Å². The zero-order valence-corrected chi connectivity index (χ0v) is 19.6. The Hall–Kier alpha value is -2.86. The first kappa shape index (κ1) is 21.4. The Morgan fingerprint density at radius 2 is 1.87 bits per heavy atom. The molecule has 4 rings (SSSR count). The summed E-state index contributed by atoms with van der Waals surface area (Å²) in [5.74, 6) is 1.07. The van der Waals surface area contributed by atoms with Gasteiger partial charge in [0.15, 0.2) is 0 Å². The summed E-state index contributed by atoms with van der Waals surface area (Å²) < 4.78 is 5.76. The van der Waals surface area contributed by atoms with E-state index in [4.69, 9.17) is 9.40 Å². The van der Waals surface area contributed by atoms with Crippen molar-refractivity contribution in [1.82, 2.24) is 9.88 Å². The minimum Gasteiger partial charge on any atom is -0.423 e. The minimum absolute atomic E-state index is 0.330. The molecule has 1 aromatic carbocycles. The highest BCUT2D eigenvalue weighted by atomic mass is 32.1. The molecule has 2 aromatic heterocycles. The van der Waals surface area contributed by atoms with Gasteiger partial charge in [0.05, 0.1) is 11.3 Å². The van der Waals surface area contributed by atoms with E-state index in [0.29, 0.717) is 22.9 Å². The molecule has 0 bridgehead atoms. The van der Waals surface area contributed by atoms with Crippen molar-refractivity contribution < 1.29 is 4.42 Å². The van der Waals surface area contributed by atoms with Crippen LogP contribution in [0.15, 0.2) is 50.6 Å². The molecule has 0 spiro atoms. The third kappa shape index (κ3) is 4.17. The molecule has 6 heteroatoms. The number of rotatable bonds is 6. The smallest absolute Gasteiger partial charge is 0.345 e. The fraction of sp³-hybridized carbons (Fsp3) is 0.360. The predicted molar refractivity (Wildman–Crippen MR) is 130 cm³/mol. The van der Waals surface area contributed by atoms with Gasteiger partial charge in [-0.25, -0.2) is 9.78 Å². The van der Waals surface area contributed by atoms with E-state index < -0.39 is 0 Å². The van der Waals surface area contributed by atoms with Gasteiger partial charge in [-0.1, -0.05) is 6.92 Å². The standard InChI is InChI=1S/C25H29N3O2S/c1-6-28(7-2)22-14-23-18(12-16(22)3)13-20(25(29)30-23)21-15-31-24(26-21)17-8-10-19(11-9-17)27(4)5/h8-11,13-16H,6-7,12H2,1-5H3. The van der Waals surface area contributed by atoms with E-state index >= 15 is 0 Å². The molecule has 0 amide bonds. The summed E-state index contributed by atoms with van der Waals surface area (Å²) >= 11 is 1.54. The Labute approximate surface area is 187 Å². The first-order valence-corrected chi connectivity index (χ1v) is 11.7. The maximum absolute atomic E-state index is 12.8. The van der Waals surface area contributed by atoms with Gasteiger partial charge in [-0.05, 0) is 56.2 Å². The van der Waals surface area contributed by atoms with Gasteiger partial charge in [0.1, 0.15) is 10.8 Å². The summed E-state index contributed by atoms with van der Waals surface area (Å²) in [6.45, 7) is 8.43. The maximum Gasteiger partial charge on any atom is 0.345 e. The van der Waals surface area contributed by atoms with E-state index in [2.05, 4.69) is 54.8 Å². The fourth-order valence-electron chi connectivity index (χ4n) is 4.12. The molecule has 0 radical (unpaired) electrons. The van der Waals surface area contributed by atoms with Gasteiger partial charge >= 0.3 is 5.63 Å². The van der Waals surface area contributed by atoms with Crippen molar-refractivity contribution in [3.8, 4) is 21.8 Å². The van der Waals surface area contributed by atoms with Crippen LogP contribution in [0.2, 0.25) is 0 Å². The van der Waals surface area contributed by atoms with Gasteiger partial charge < -0.3 is 14.2 Å². The highest BCUT2D eigenvalue weighted by Crippen LogP contribution is 2.33. The molecule has 0 saturated carbocycles. The molecule has 3 aromatic rings. The summed E-state index contributed by atoms with van der Waals surface area (Å²) in [5, 5.41) is 2.84. The minimum atomic E-state index is -0.330. The van der Waals surface area contributed by atoms with Crippen LogP contribution in [0.4, 0.5) is 5.69 Å². The van der Waals surface area contributed by atoms with Crippen LogP contribution < -0.4 is 10.5 Å². The van der Waals surface area contributed by atoms with Crippen LogP contribution in [0.5, 0.6) is 0 Å². The lowest BCUT2D eigenvalue weighted by Crippen LogP contribution is -2.29. The molecule has 162 valence electrons. The van der Waals surface area contributed by atoms with Crippen molar-refractivity contribution in [2.75, 3.05) is 32.1 Å². The molecule has 5 nitrogen and oxygen atoms in total. The molecule has 1 aliphatic carbocycles. The van der Waals surface area contributed by atoms with Crippen LogP contribution in [-0.4, -0.2) is 37.1 Å². The third-order valence-electron chi connectivity index (χ3n) is 5.91. The van der Waals surface area contributed by atoms with Crippen LogP contribution >= 0.6 is 11.3 Å². The van der Waals surface area contributed by atoms with Crippen LogP contribution in [0.3, 0.4) is 0 Å². The van der Waals surface area contributed by atoms with Gasteiger partial charge in [-0.2, -0.15) is 0 Å². The summed E-state index contributed by atoms with van der Waals surface area (Å²) in [6.07, 6.45) is 2.90. The van der Waals surface area contributed by atoms with Gasteiger partial charge in [0.2, 0.25) is 0 Å². The molecule has 0 aliphatic heterocycles. The predicted octanol–water partition coefficient (Wildman–Crippen LogP) is 5.37. The highest BCUT2D eigenvalue weighted by molar-refractivity contribution is 7.13. The number of hydrogen-bond acceptors (Lipinski definition) is 6. The topological polar surface area (TPSA) is 49.6 Å². The number of anilines is 1. The molecule has 0 fully saturated rings. The molecular formula is C25H29N3O2S. The monoisotopic (exact) mass is 435 g/mol. The lowest BCUT2D eigenvalue weighted by atomic mass is 9.90. The number of hydrogen-bond donors (Lipinski definition) is 0. The van der Waals surface area contributed by atoms with Crippen molar-refractivity contribution in [1.29, 1.82) is 0 Å². The van der Waals surface area contributed by atoms with Crippen molar-refractivity contribution in [2.45, 2.75) is 27.2 Å². The molecule has 2 heterocycles. The molecule has 1 aliphatic rings. The Morgan fingerprint density at radius 1 is 1.16 bits per heavy atom. The largest absolute Gasteiger partial charge is 0.423 e. The van der Waals surface area contributed by atoms with E-state index in [9.17, 15) is 4.79 Å². The Kier molecular flexibility index (Phi) is 6.01. The van der Waals surface area contributed by atoms with E-state index in [0.717, 1.165) is 41.3 Å². The average molecular weight is 436 g/mol. The lowest BCUT2D eigenvalue weighted by Gasteiger charge is -2.31. The maximum atomic E-state index is 12.8. The number of benzene rings is 1. The molecule has 1 unspecified atom stereocenters. The summed E-state index contributed by atoms with van der Waals surface area (Å²) in [7, 11) is 4.04. The Morgan fingerprint density at radius 3 is 2.52 bits per heavy atom. The van der Waals surface area contributed by atoms with Gasteiger partial charge in [-0.3, -0.25) is 0 Å². The van der Waals surface area contributed by atoms with Crippen molar-refractivity contribution in [3.05, 3.63) is 63.2 Å². The van der Waals surface area contributed by atoms with Crippen molar-refractivity contribution in [3.63, 3.8) is 0 Å². The number of allylic oxidation sites excluding steroid dienone is 1. The molecule has 1 atom stereocenters. The second kappa shape index (κ2) is 8.71. The quantitative estimate of drug-likeness (QED) is 0.521. The van der Waals surface area contributed by atoms with E-state index in [-0.39, 0.29) is 5.63 Å². The fourth-order valence-corrected chi connectivity index (χ4v) is 4.95.